The first-order valence-corrected chi connectivity index (χ1v) is 14.9. The van der Waals surface area contributed by atoms with Crippen molar-refractivity contribution < 1.29 is 9.59 Å². The maximum atomic E-state index is 13.2. The third-order valence-corrected chi connectivity index (χ3v) is 9.73. The van der Waals surface area contributed by atoms with Gasteiger partial charge in [0.1, 0.15) is 5.82 Å². The number of ketones is 1. The number of anilines is 2. The summed E-state index contributed by atoms with van der Waals surface area (Å²) >= 11 is 16.1. The topological polar surface area (TPSA) is 125 Å². The molecular formula is C25H20Cl2N6O2S3. The highest BCUT2D eigenvalue weighted by molar-refractivity contribution is 8.01. The average Bonchev–Trinajstić information content (AvgIpc) is 3.53. The Labute approximate surface area is 241 Å². The Hall–Kier alpha value is -2.88. The average molecular weight is 604 g/mol. The molecule has 194 valence electrons. The van der Waals surface area contributed by atoms with Gasteiger partial charge in [-0.1, -0.05) is 46.3 Å². The highest BCUT2D eigenvalue weighted by Crippen LogP contribution is 2.48. The summed E-state index contributed by atoms with van der Waals surface area (Å²) in [7, 11) is 0. The van der Waals surface area contributed by atoms with Gasteiger partial charge in [-0.25, -0.2) is 0 Å². The van der Waals surface area contributed by atoms with E-state index in [0.717, 1.165) is 15.5 Å². The van der Waals surface area contributed by atoms with Gasteiger partial charge < -0.3 is 11.1 Å². The fourth-order valence-electron chi connectivity index (χ4n) is 4.45. The van der Waals surface area contributed by atoms with E-state index < -0.39 is 5.92 Å². The molecule has 5 rings (SSSR count). The molecule has 0 spiro atoms. The van der Waals surface area contributed by atoms with Gasteiger partial charge in [0.2, 0.25) is 11.0 Å². The Morgan fingerprint density at radius 1 is 1.26 bits per heavy atom. The zero-order valence-corrected chi connectivity index (χ0v) is 23.9. The van der Waals surface area contributed by atoms with Crippen molar-refractivity contribution in [2.24, 2.45) is 5.73 Å². The van der Waals surface area contributed by atoms with Crippen LogP contribution in [-0.4, -0.2) is 27.6 Å². The standard InChI is InChI=1S/C25H20Cl2N6O2S3/c1-12-5-8-19(37-12)21-14(10-28)23(29)33(17-3-2-4-18(34)22(17)21)24-31-32-25(38-24)36-11-20(35)30-16-7-6-13(26)9-15(16)27/h5-9,21H,2-4,11,29H2,1H3,(H,30,35). The molecule has 3 aromatic rings. The molecule has 8 nitrogen and oxygen atoms in total. The summed E-state index contributed by atoms with van der Waals surface area (Å²) in [6, 6.07) is 11.0. The molecule has 1 aliphatic carbocycles. The van der Waals surface area contributed by atoms with E-state index in [2.05, 4.69) is 21.6 Å². The summed E-state index contributed by atoms with van der Waals surface area (Å²) in [5.41, 5.74) is 8.74. The van der Waals surface area contributed by atoms with E-state index in [4.69, 9.17) is 28.9 Å². The number of aromatic nitrogens is 2. The van der Waals surface area contributed by atoms with Crippen LogP contribution in [0.25, 0.3) is 0 Å². The van der Waals surface area contributed by atoms with E-state index in [0.29, 0.717) is 55.6 Å². The largest absolute Gasteiger partial charge is 0.384 e. The molecule has 1 aliphatic heterocycles. The predicted octanol–water partition coefficient (Wildman–Crippen LogP) is 6.25. The van der Waals surface area contributed by atoms with E-state index in [1.165, 1.54) is 23.1 Å². The third-order valence-electron chi connectivity index (χ3n) is 6.08. The van der Waals surface area contributed by atoms with Crippen molar-refractivity contribution >= 4 is 80.1 Å². The number of benzene rings is 1. The molecule has 1 unspecified atom stereocenters. The Balaban J connectivity index is 1.40. The number of nitrogens with zero attached hydrogens (tertiary/aromatic N) is 4. The van der Waals surface area contributed by atoms with Gasteiger partial charge in [-0.2, -0.15) is 5.26 Å². The van der Waals surface area contributed by atoms with Crippen LogP contribution in [0.3, 0.4) is 0 Å². The number of amides is 1. The highest BCUT2D eigenvalue weighted by atomic mass is 35.5. The van der Waals surface area contributed by atoms with Crippen LogP contribution in [0.15, 0.2) is 57.3 Å². The Morgan fingerprint density at radius 2 is 2.08 bits per heavy atom. The lowest BCUT2D eigenvalue weighted by molar-refractivity contribution is -0.116. The van der Waals surface area contributed by atoms with Crippen molar-refractivity contribution in [2.45, 2.75) is 36.4 Å². The van der Waals surface area contributed by atoms with E-state index in [1.807, 2.05) is 19.1 Å². The summed E-state index contributed by atoms with van der Waals surface area (Å²) in [5.74, 6) is -0.404. The molecule has 13 heteroatoms. The lowest BCUT2D eigenvalue weighted by Crippen LogP contribution is -2.38. The molecule has 0 radical (unpaired) electrons. The van der Waals surface area contributed by atoms with Gasteiger partial charge in [0.15, 0.2) is 10.1 Å². The minimum Gasteiger partial charge on any atom is -0.384 e. The van der Waals surface area contributed by atoms with Crippen LogP contribution in [0.1, 0.15) is 34.9 Å². The smallest absolute Gasteiger partial charge is 0.234 e. The predicted molar refractivity (Wildman–Crippen MR) is 153 cm³/mol. The van der Waals surface area contributed by atoms with E-state index >= 15 is 0 Å². The number of nitrogens with one attached hydrogen (secondary N) is 1. The van der Waals surface area contributed by atoms with Crippen molar-refractivity contribution in [2.75, 3.05) is 16.0 Å². The monoisotopic (exact) mass is 602 g/mol. The first-order valence-electron chi connectivity index (χ1n) is 11.5. The van der Waals surface area contributed by atoms with Gasteiger partial charge in [0.25, 0.3) is 0 Å². The van der Waals surface area contributed by atoms with E-state index in [-0.39, 0.29) is 23.3 Å². The number of nitriles is 1. The summed E-state index contributed by atoms with van der Waals surface area (Å²) in [6.07, 6.45) is 1.75. The van der Waals surface area contributed by atoms with Gasteiger partial charge in [0, 0.05) is 32.5 Å². The SMILES string of the molecule is Cc1ccc(C2C(C#N)=C(N)N(c3nnc(SCC(=O)Nc4ccc(Cl)cc4Cl)s3)C3=C2C(=O)CCC3)s1. The number of Topliss-reactive ketones (excluding diaryl/α,β-unsaturated/α-hetero) is 1. The molecule has 0 saturated carbocycles. The molecule has 0 saturated heterocycles. The fourth-order valence-corrected chi connectivity index (χ4v) is 7.59. The normalized spacial score (nSPS) is 17.5. The summed E-state index contributed by atoms with van der Waals surface area (Å²) in [4.78, 5) is 29.4. The first-order chi connectivity index (χ1) is 18.3. The van der Waals surface area contributed by atoms with Crippen LogP contribution in [0.5, 0.6) is 0 Å². The van der Waals surface area contributed by atoms with Crippen LogP contribution in [0, 0.1) is 18.3 Å². The molecular weight excluding hydrogens is 583 g/mol. The lowest BCUT2D eigenvalue weighted by Gasteiger charge is -2.37. The van der Waals surface area contributed by atoms with Crippen molar-refractivity contribution in [3.8, 4) is 6.07 Å². The molecule has 1 aromatic carbocycles. The van der Waals surface area contributed by atoms with Crippen molar-refractivity contribution in [1.82, 2.24) is 10.2 Å². The Morgan fingerprint density at radius 3 is 2.79 bits per heavy atom. The molecule has 3 N–H and O–H groups in total. The molecule has 1 amide bonds. The molecule has 38 heavy (non-hydrogen) atoms. The Bertz CT molecular complexity index is 1550. The van der Waals surface area contributed by atoms with Crippen LogP contribution < -0.4 is 16.0 Å². The Kier molecular flexibility index (Phi) is 7.79. The molecule has 0 bridgehead atoms. The maximum absolute atomic E-state index is 13.2. The zero-order chi connectivity index (χ0) is 27.0. The number of hydrogen-bond donors (Lipinski definition) is 2. The number of thiophene rings is 1. The second-order valence-corrected chi connectivity index (χ2v) is 12.9. The minimum absolute atomic E-state index is 0.0178. The number of aryl methyl sites for hydroxylation is 1. The number of halogens is 2. The molecule has 2 aromatic heterocycles. The zero-order valence-electron chi connectivity index (χ0n) is 20.0. The number of thioether (sulfide) groups is 1. The van der Waals surface area contributed by atoms with Gasteiger partial charge in [-0.3, -0.25) is 14.5 Å². The molecule has 2 aliphatic rings. The van der Waals surface area contributed by atoms with E-state index in [9.17, 15) is 14.9 Å². The lowest BCUT2D eigenvalue weighted by atomic mass is 9.78. The number of nitrogens with two attached hydrogens (primary N) is 1. The van der Waals surface area contributed by atoms with Gasteiger partial charge >= 0.3 is 0 Å². The quantitative estimate of drug-likeness (QED) is 0.317. The first kappa shape index (κ1) is 26.7. The minimum atomic E-state index is -0.483. The maximum Gasteiger partial charge on any atom is 0.234 e. The number of allylic oxidation sites excluding steroid dienone is 3. The van der Waals surface area contributed by atoms with Crippen molar-refractivity contribution in [3.63, 3.8) is 0 Å². The van der Waals surface area contributed by atoms with Crippen LogP contribution in [0.2, 0.25) is 10.0 Å². The second-order valence-electron chi connectivity index (χ2n) is 8.58. The van der Waals surface area contributed by atoms with E-state index in [1.54, 1.807) is 34.4 Å². The molecule has 1 atom stereocenters. The fraction of sp³-hybridized carbons (Fsp3) is 0.240. The number of carbonyl (C=O) groups excluding carboxylic acids is 2. The van der Waals surface area contributed by atoms with Gasteiger partial charge in [0.05, 0.1) is 34.0 Å². The number of rotatable bonds is 6. The van der Waals surface area contributed by atoms with Gasteiger partial charge in [-0.05, 0) is 50.1 Å². The highest BCUT2D eigenvalue weighted by Gasteiger charge is 2.41. The number of hydrogen-bond acceptors (Lipinski definition) is 10. The van der Waals surface area contributed by atoms with Crippen molar-refractivity contribution in [3.05, 3.63) is 72.8 Å². The second kappa shape index (κ2) is 11.1. The third kappa shape index (κ3) is 5.19. The summed E-state index contributed by atoms with van der Waals surface area (Å²) < 4.78 is 0.545. The number of carbonyl (C=O) groups is 2. The van der Waals surface area contributed by atoms with Crippen LogP contribution >= 0.6 is 57.6 Å². The van der Waals surface area contributed by atoms with Crippen LogP contribution in [-0.2, 0) is 9.59 Å². The van der Waals surface area contributed by atoms with Crippen molar-refractivity contribution in [1.29, 1.82) is 5.26 Å². The summed E-state index contributed by atoms with van der Waals surface area (Å²) in [6.45, 7) is 1.99. The molecule has 0 fully saturated rings. The summed E-state index contributed by atoms with van der Waals surface area (Å²) in [5, 5.41) is 22.6. The molecule has 3 heterocycles. The van der Waals surface area contributed by atoms with Crippen LogP contribution in [0.4, 0.5) is 10.8 Å². The van der Waals surface area contributed by atoms with Gasteiger partial charge in [-0.15, -0.1) is 21.5 Å².